The van der Waals surface area contributed by atoms with Gasteiger partial charge in [-0.3, -0.25) is 4.79 Å². The number of fused-ring (bicyclic) bond motifs is 1. The molecular weight excluding hydrogens is 268 g/mol. The minimum absolute atomic E-state index is 0.147. The summed E-state index contributed by atoms with van der Waals surface area (Å²) in [6.07, 6.45) is 0. The summed E-state index contributed by atoms with van der Waals surface area (Å²) in [5, 5.41) is 0.433. The van der Waals surface area contributed by atoms with Crippen molar-refractivity contribution >= 4 is 16.9 Å². The molecule has 4 heteroatoms. The monoisotopic (exact) mass is 280 g/mol. The van der Waals surface area contributed by atoms with Crippen LogP contribution in [0.25, 0.3) is 22.3 Å². The first-order valence-electron chi connectivity index (χ1n) is 6.40. The Bertz CT molecular complexity index is 863. The molecule has 0 fully saturated rings. The molecule has 0 bridgehead atoms. The Morgan fingerprint density at radius 3 is 2.52 bits per heavy atom. The Balaban J connectivity index is 2.22. The van der Waals surface area contributed by atoms with Gasteiger partial charge in [-0.15, -0.1) is 0 Å². The number of benzene rings is 2. The van der Waals surface area contributed by atoms with Crippen molar-refractivity contribution in [3.05, 3.63) is 70.4 Å². The van der Waals surface area contributed by atoms with Crippen LogP contribution in [0.15, 0.2) is 63.8 Å². The molecule has 0 spiro atoms. The summed E-state index contributed by atoms with van der Waals surface area (Å²) in [4.78, 5) is 23.7. The van der Waals surface area contributed by atoms with Crippen LogP contribution in [0.3, 0.4) is 0 Å². The lowest BCUT2D eigenvalue weighted by Gasteiger charge is -2.04. The first-order chi connectivity index (χ1) is 10.2. The van der Waals surface area contributed by atoms with Gasteiger partial charge in [0.2, 0.25) is 0 Å². The van der Waals surface area contributed by atoms with Crippen LogP contribution in [0.4, 0.5) is 0 Å². The van der Waals surface area contributed by atoms with Gasteiger partial charge in [-0.05, 0) is 18.2 Å². The molecule has 3 rings (SSSR count). The second kappa shape index (κ2) is 5.25. The molecule has 0 saturated heterocycles. The molecule has 0 aliphatic carbocycles. The second-order valence-corrected chi connectivity index (χ2v) is 4.54. The maximum Gasteiger partial charge on any atom is 0.337 e. The molecular formula is C17H12O4. The van der Waals surface area contributed by atoms with Gasteiger partial charge < -0.3 is 9.15 Å². The third kappa shape index (κ3) is 2.43. The van der Waals surface area contributed by atoms with Crippen molar-refractivity contribution in [2.24, 2.45) is 0 Å². The van der Waals surface area contributed by atoms with E-state index in [1.54, 1.807) is 12.1 Å². The Labute approximate surface area is 120 Å². The van der Waals surface area contributed by atoms with E-state index in [0.29, 0.717) is 22.3 Å². The van der Waals surface area contributed by atoms with Crippen molar-refractivity contribution in [2.45, 2.75) is 0 Å². The maximum absolute atomic E-state index is 12.1. The summed E-state index contributed by atoms with van der Waals surface area (Å²) in [7, 11) is 1.31. The first kappa shape index (κ1) is 13.1. The summed E-state index contributed by atoms with van der Waals surface area (Å²) >= 11 is 0. The molecule has 2 aromatic carbocycles. The molecule has 1 heterocycles. The smallest absolute Gasteiger partial charge is 0.337 e. The van der Waals surface area contributed by atoms with Gasteiger partial charge in [-0.2, -0.15) is 0 Å². The van der Waals surface area contributed by atoms with E-state index in [2.05, 4.69) is 4.74 Å². The summed E-state index contributed by atoms with van der Waals surface area (Å²) in [6.45, 7) is 0. The van der Waals surface area contributed by atoms with E-state index < -0.39 is 5.97 Å². The molecule has 104 valence electrons. The third-order valence-electron chi connectivity index (χ3n) is 3.21. The van der Waals surface area contributed by atoms with E-state index in [0.717, 1.165) is 5.56 Å². The minimum atomic E-state index is -0.468. The van der Waals surface area contributed by atoms with Gasteiger partial charge in [-0.1, -0.05) is 30.3 Å². The number of rotatable bonds is 2. The van der Waals surface area contributed by atoms with Crippen LogP contribution in [0.1, 0.15) is 10.4 Å². The number of carbonyl (C=O) groups excluding carboxylic acids is 1. The lowest BCUT2D eigenvalue weighted by atomic mass is 10.1. The van der Waals surface area contributed by atoms with Crippen molar-refractivity contribution in [3.63, 3.8) is 0 Å². The van der Waals surface area contributed by atoms with Crippen LogP contribution in [0.5, 0.6) is 0 Å². The van der Waals surface area contributed by atoms with Crippen LogP contribution in [-0.4, -0.2) is 13.1 Å². The topological polar surface area (TPSA) is 56.5 Å². The average Bonchev–Trinajstić information content (AvgIpc) is 2.54. The lowest BCUT2D eigenvalue weighted by molar-refractivity contribution is 0.0601. The first-order valence-corrected chi connectivity index (χ1v) is 6.40. The summed E-state index contributed by atoms with van der Waals surface area (Å²) in [5.74, 6) is -0.000205. The average molecular weight is 280 g/mol. The fourth-order valence-corrected chi connectivity index (χ4v) is 2.14. The van der Waals surface area contributed by atoms with Crippen LogP contribution in [0, 0.1) is 0 Å². The molecule has 4 nitrogen and oxygen atoms in total. The fourth-order valence-electron chi connectivity index (χ4n) is 2.14. The Kier molecular flexibility index (Phi) is 3.28. The number of methoxy groups -OCH3 is 1. The van der Waals surface area contributed by atoms with Gasteiger partial charge in [0.05, 0.1) is 18.1 Å². The fraction of sp³-hybridized carbons (Fsp3) is 0.0588. The normalized spacial score (nSPS) is 10.5. The molecule has 0 unspecified atom stereocenters. The van der Waals surface area contributed by atoms with Crippen molar-refractivity contribution in [1.29, 1.82) is 0 Å². The molecule has 0 amide bonds. The SMILES string of the molecule is COC(=O)c1ccc2c(=O)cc(-c3ccccc3)oc2c1. The Morgan fingerprint density at radius 2 is 1.81 bits per heavy atom. The number of esters is 1. The molecule has 0 N–H and O–H groups in total. The highest BCUT2D eigenvalue weighted by Crippen LogP contribution is 2.22. The molecule has 0 atom stereocenters. The number of hydrogen-bond acceptors (Lipinski definition) is 4. The van der Waals surface area contributed by atoms with E-state index in [4.69, 9.17) is 4.42 Å². The zero-order valence-electron chi connectivity index (χ0n) is 11.3. The van der Waals surface area contributed by atoms with Crippen molar-refractivity contribution in [2.75, 3.05) is 7.11 Å². The zero-order valence-corrected chi connectivity index (χ0v) is 11.3. The van der Waals surface area contributed by atoms with E-state index in [1.165, 1.54) is 19.2 Å². The van der Waals surface area contributed by atoms with Gasteiger partial charge in [0.15, 0.2) is 5.43 Å². The molecule has 0 radical (unpaired) electrons. The number of ether oxygens (including phenoxy) is 1. The van der Waals surface area contributed by atoms with Crippen molar-refractivity contribution < 1.29 is 13.9 Å². The number of hydrogen-bond donors (Lipinski definition) is 0. The maximum atomic E-state index is 12.1. The van der Waals surface area contributed by atoms with E-state index in [1.807, 2.05) is 30.3 Å². The second-order valence-electron chi connectivity index (χ2n) is 4.54. The van der Waals surface area contributed by atoms with Gasteiger partial charge in [0.25, 0.3) is 0 Å². The third-order valence-corrected chi connectivity index (χ3v) is 3.21. The van der Waals surface area contributed by atoms with Gasteiger partial charge in [0.1, 0.15) is 11.3 Å². The molecule has 1 aromatic heterocycles. The van der Waals surface area contributed by atoms with Gasteiger partial charge >= 0.3 is 5.97 Å². The molecule has 21 heavy (non-hydrogen) atoms. The van der Waals surface area contributed by atoms with E-state index in [-0.39, 0.29) is 5.43 Å². The standard InChI is InChI=1S/C17H12O4/c1-20-17(19)12-7-8-13-14(18)10-15(21-16(13)9-12)11-5-3-2-4-6-11/h2-10H,1H3. The van der Waals surface area contributed by atoms with Crippen LogP contribution < -0.4 is 5.43 Å². The van der Waals surface area contributed by atoms with Crippen LogP contribution >= 0.6 is 0 Å². The Morgan fingerprint density at radius 1 is 1.05 bits per heavy atom. The van der Waals surface area contributed by atoms with Crippen molar-refractivity contribution in [3.8, 4) is 11.3 Å². The molecule has 0 aliphatic rings. The summed E-state index contributed by atoms with van der Waals surface area (Å²) in [6, 6.07) is 15.4. The van der Waals surface area contributed by atoms with Gasteiger partial charge in [0, 0.05) is 11.6 Å². The molecule has 0 aliphatic heterocycles. The highest BCUT2D eigenvalue weighted by Gasteiger charge is 2.11. The Hall–Kier alpha value is -2.88. The highest BCUT2D eigenvalue weighted by molar-refractivity contribution is 5.93. The minimum Gasteiger partial charge on any atom is -0.465 e. The molecule has 0 saturated carbocycles. The van der Waals surface area contributed by atoms with Gasteiger partial charge in [-0.25, -0.2) is 4.79 Å². The quantitative estimate of drug-likeness (QED) is 0.676. The largest absolute Gasteiger partial charge is 0.465 e. The molecule has 3 aromatic rings. The number of carbonyl (C=O) groups is 1. The van der Waals surface area contributed by atoms with Crippen LogP contribution in [-0.2, 0) is 4.74 Å². The van der Waals surface area contributed by atoms with E-state index >= 15 is 0 Å². The predicted octanol–water partition coefficient (Wildman–Crippen LogP) is 3.25. The highest BCUT2D eigenvalue weighted by atomic mass is 16.5. The summed E-state index contributed by atoms with van der Waals surface area (Å²) in [5.41, 5.74) is 1.37. The summed E-state index contributed by atoms with van der Waals surface area (Å²) < 4.78 is 10.4. The van der Waals surface area contributed by atoms with Crippen LogP contribution in [0.2, 0.25) is 0 Å². The predicted molar refractivity (Wildman–Crippen MR) is 79.3 cm³/mol. The lowest BCUT2D eigenvalue weighted by Crippen LogP contribution is -2.04. The zero-order chi connectivity index (χ0) is 14.8. The van der Waals surface area contributed by atoms with Crippen molar-refractivity contribution in [1.82, 2.24) is 0 Å². The van der Waals surface area contributed by atoms with E-state index in [9.17, 15) is 9.59 Å².